The molecule has 0 saturated heterocycles. The van der Waals surface area contributed by atoms with E-state index in [0.717, 1.165) is 34.4 Å². The molecule has 0 amide bonds. The molecule has 4 aliphatic rings. The molecule has 138 valence electrons. The Morgan fingerprint density at radius 1 is 1.12 bits per heavy atom. The van der Waals surface area contributed by atoms with Crippen molar-refractivity contribution in [1.29, 1.82) is 0 Å². The summed E-state index contributed by atoms with van der Waals surface area (Å²) < 4.78 is 17.6. The van der Waals surface area contributed by atoms with Gasteiger partial charge in [-0.25, -0.2) is 0 Å². The molecule has 1 unspecified atom stereocenters. The third kappa shape index (κ3) is 3.50. The number of benzene rings is 1. The van der Waals surface area contributed by atoms with E-state index in [9.17, 15) is 0 Å². The largest absolute Gasteiger partial charge is 0.466 e. The van der Waals surface area contributed by atoms with Gasteiger partial charge in [0.2, 0.25) is 0 Å². The van der Waals surface area contributed by atoms with E-state index >= 15 is 0 Å². The molecule has 0 radical (unpaired) electrons. The first-order chi connectivity index (χ1) is 12.1. The maximum absolute atomic E-state index is 5.80. The molecule has 1 aromatic rings. The Kier molecular flexibility index (Phi) is 5.13. The average Bonchev–Trinajstić information content (AvgIpc) is 2.58. The van der Waals surface area contributed by atoms with Gasteiger partial charge in [-0.1, -0.05) is 13.0 Å². The lowest BCUT2D eigenvalue weighted by Gasteiger charge is -2.57. The van der Waals surface area contributed by atoms with Crippen molar-refractivity contribution in [2.45, 2.75) is 63.6 Å². The predicted molar refractivity (Wildman–Crippen MR) is 102 cm³/mol. The molecule has 5 rings (SSSR count). The first-order valence-corrected chi connectivity index (χ1v) is 10.5. The van der Waals surface area contributed by atoms with Crippen molar-refractivity contribution >= 4 is 15.9 Å². The van der Waals surface area contributed by atoms with Gasteiger partial charge in [0.05, 0.1) is 4.47 Å². The minimum atomic E-state index is -0.204. The lowest BCUT2D eigenvalue weighted by Crippen LogP contribution is -2.48. The zero-order valence-electron chi connectivity index (χ0n) is 15.3. The van der Waals surface area contributed by atoms with Crippen molar-refractivity contribution in [2.24, 2.45) is 17.8 Å². The van der Waals surface area contributed by atoms with Crippen LogP contribution in [-0.4, -0.2) is 20.2 Å². The normalized spacial score (nSPS) is 34.3. The summed E-state index contributed by atoms with van der Waals surface area (Å²) in [4.78, 5) is 0. The molecule has 0 N–H and O–H groups in total. The summed E-state index contributed by atoms with van der Waals surface area (Å²) in [7, 11) is 1.66. The predicted octanol–water partition coefficient (Wildman–Crippen LogP) is 5.65. The van der Waals surface area contributed by atoms with Gasteiger partial charge in [0.15, 0.2) is 13.1 Å². The van der Waals surface area contributed by atoms with Crippen molar-refractivity contribution in [3.63, 3.8) is 0 Å². The second kappa shape index (κ2) is 7.21. The van der Waals surface area contributed by atoms with Crippen molar-refractivity contribution in [1.82, 2.24) is 0 Å². The van der Waals surface area contributed by atoms with E-state index in [1.807, 2.05) is 6.92 Å². The standard InChI is InChI=1S/C21H29BrO3/c1-3-20(23-2)25-13-24-19-5-4-17(9-18(19)22)21-10-14-6-15(11-21)8-16(7-14)12-21/h4-5,9,14-16,20H,3,6-8,10-13H2,1-2H3. The van der Waals surface area contributed by atoms with E-state index in [2.05, 4.69) is 34.1 Å². The third-order valence-electron chi connectivity index (χ3n) is 6.65. The highest BCUT2D eigenvalue weighted by Gasteiger charge is 2.51. The second-order valence-electron chi connectivity index (χ2n) is 8.35. The van der Waals surface area contributed by atoms with E-state index in [0.29, 0.717) is 5.41 Å². The van der Waals surface area contributed by atoms with Crippen LogP contribution in [0.1, 0.15) is 57.4 Å². The Bertz CT molecular complexity index is 576. The monoisotopic (exact) mass is 408 g/mol. The van der Waals surface area contributed by atoms with E-state index in [1.54, 1.807) is 7.11 Å². The van der Waals surface area contributed by atoms with E-state index in [1.165, 1.54) is 44.1 Å². The molecule has 0 aliphatic heterocycles. The molecule has 0 spiro atoms. The topological polar surface area (TPSA) is 27.7 Å². The minimum Gasteiger partial charge on any atom is -0.466 e. The Hall–Kier alpha value is -0.580. The molecule has 4 heteroatoms. The summed E-state index contributed by atoms with van der Waals surface area (Å²) in [6, 6.07) is 6.70. The van der Waals surface area contributed by atoms with Gasteiger partial charge < -0.3 is 14.2 Å². The average molecular weight is 409 g/mol. The smallest absolute Gasteiger partial charge is 0.192 e. The van der Waals surface area contributed by atoms with Crippen LogP contribution in [0.3, 0.4) is 0 Å². The van der Waals surface area contributed by atoms with Crippen molar-refractivity contribution in [3.05, 3.63) is 28.2 Å². The van der Waals surface area contributed by atoms with Gasteiger partial charge in [-0.05, 0) is 102 Å². The fourth-order valence-corrected chi connectivity index (χ4v) is 6.43. The molecule has 4 aliphatic carbocycles. The highest BCUT2D eigenvalue weighted by Crippen LogP contribution is 2.61. The summed E-state index contributed by atoms with van der Waals surface area (Å²) in [6.07, 6.45) is 9.23. The van der Waals surface area contributed by atoms with Gasteiger partial charge in [-0.15, -0.1) is 0 Å². The molecule has 4 saturated carbocycles. The van der Waals surface area contributed by atoms with Crippen LogP contribution < -0.4 is 4.74 Å². The number of hydrogen-bond donors (Lipinski definition) is 0. The molecule has 1 aromatic carbocycles. The number of methoxy groups -OCH3 is 1. The zero-order valence-corrected chi connectivity index (χ0v) is 16.9. The van der Waals surface area contributed by atoms with Gasteiger partial charge in [0.25, 0.3) is 0 Å². The SMILES string of the molecule is CCC(OC)OCOc1ccc(C23CC4CC(CC(C4)C2)C3)cc1Br. The molecule has 1 atom stereocenters. The van der Waals surface area contributed by atoms with Crippen molar-refractivity contribution in [2.75, 3.05) is 13.9 Å². The third-order valence-corrected chi connectivity index (χ3v) is 7.27. The molecule has 0 aromatic heterocycles. The van der Waals surface area contributed by atoms with Gasteiger partial charge >= 0.3 is 0 Å². The van der Waals surface area contributed by atoms with Crippen LogP contribution in [0.2, 0.25) is 0 Å². The summed E-state index contributed by atoms with van der Waals surface area (Å²) in [5, 5.41) is 0. The van der Waals surface area contributed by atoms with Crippen LogP contribution in [0.5, 0.6) is 5.75 Å². The van der Waals surface area contributed by atoms with Crippen LogP contribution in [0.25, 0.3) is 0 Å². The molecule has 4 bridgehead atoms. The van der Waals surface area contributed by atoms with E-state index in [-0.39, 0.29) is 13.1 Å². The van der Waals surface area contributed by atoms with E-state index in [4.69, 9.17) is 14.2 Å². The molecule has 3 nitrogen and oxygen atoms in total. The van der Waals surface area contributed by atoms with Gasteiger partial charge in [0.1, 0.15) is 5.75 Å². The summed E-state index contributed by atoms with van der Waals surface area (Å²) in [6.45, 7) is 2.24. The first kappa shape index (κ1) is 17.8. The van der Waals surface area contributed by atoms with Gasteiger partial charge in [-0.3, -0.25) is 0 Å². The molecule has 0 heterocycles. The van der Waals surface area contributed by atoms with Crippen molar-refractivity contribution in [3.8, 4) is 5.75 Å². The maximum Gasteiger partial charge on any atom is 0.192 e. The van der Waals surface area contributed by atoms with Crippen LogP contribution >= 0.6 is 15.9 Å². The number of hydrogen-bond acceptors (Lipinski definition) is 3. The van der Waals surface area contributed by atoms with Crippen LogP contribution in [0, 0.1) is 17.8 Å². The zero-order chi connectivity index (χ0) is 17.4. The van der Waals surface area contributed by atoms with Gasteiger partial charge in [-0.2, -0.15) is 0 Å². The molecular weight excluding hydrogens is 380 g/mol. The minimum absolute atomic E-state index is 0.204. The Morgan fingerprint density at radius 3 is 2.28 bits per heavy atom. The summed E-state index contributed by atoms with van der Waals surface area (Å²) in [5.41, 5.74) is 1.94. The van der Waals surface area contributed by atoms with Crippen LogP contribution in [0.4, 0.5) is 0 Å². The summed E-state index contributed by atoms with van der Waals surface area (Å²) in [5.74, 6) is 3.75. The quantitative estimate of drug-likeness (QED) is 0.545. The highest BCUT2D eigenvalue weighted by molar-refractivity contribution is 9.10. The van der Waals surface area contributed by atoms with Crippen LogP contribution in [-0.2, 0) is 14.9 Å². The fourth-order valence-electron chi connectivity index (χ4n) is 5.94. The Balaban J connectivity index is 1.45. The number of halogens is 1. The number of rotatable bonds is 7. The molecular formula is C21H29BrO3. The van der Waals surface area contributed by atoms with Gasteiger partial charge in [0, 0.05) is 7.11 Å². The highest BCUT2D eigenvalue weighted by atomic mass is 79.9. The van der Waals surface area contributed by atoms with E-state index < -0.39 is 0 Å². The molecule has 4 fully saturated rings. The Morgan fingerprint density at radius 2 is 1.76 bits per heavy atom. The lowest BCUT2D eigenvalue weighted by atomic mass is 9.48. The lowest BCUT2D eigenvalue weighted by molar-refractivity contribution is -0.161. The van der Waals surface area contributed by atoms with Crippen molar-refractivity contribution < 1.29 is 14.2 Å². The molecule has 25 heavy (non-hydrogen) atoms. The fraction of sp³-hybridized carbons (Fsp3) is 0.714. The second-order valence-corrected chi connectivity index (χ2v) is 9.20. The van der Waals surface area contributed by atoms with Crippen LogP contribution in [0.15, 0.2) is 22.7 Å². The Labute approximate surface area is 159 Å². The summed E-state index contributed by atoms with van der Waals surface area (Å²) >= 11 is 3.72. The maximum atomic E-state index is 5.80. The first-order valence-electron chi connectivity index (χ1n) is 9.69. The number of ether oxygens (including phenoxy) is 3.